The number of benzene rings is 1. The summed E-state index contributed by atoms with van der Waals surface area (Å²) in [6.07, 6.45) is -3.18. The maximum absolute atomic E-state index is 12.2. The number of hydrogen-bond donors (Lipinski definition) is 0. The van der Waals surface area contributed by atoms with Crippen LogP contribution in [0.4, 0.5) is 13.2 Å². The van der Waals surface area contributed by atoms with E-state index in [1.165, 1.54) is 18.2 Å². The van der Waals surface area contributed by atoms with Crippen molar-refractivity contribution in [3.63, 3.8) is 0 Å². The molecule has 0 radical (unpaired) electrons. The van der Waals surface area contributed by atoms with E-state index in [9.17, 15) is 13.2 Å². The van der Waals surface area contributed by atoms with Gasteiger partial charge >= 0.3 is 6.36 Å². The van der Waals surface area contributed by atoms with Gasteiger partial charge in [0, 0.05) is 12.3 Å². The summed E-state index contributed by atoms with van der Waals surface area (Å²) in [5.41, 5.74) is 0.799. The van der Waals surface area contributed by atoms with Crippen molar-refractivity contribution in [3.8, 4) is 23.0 Å². The van der Waals surface area contributed by atoms with Crippen LogP contribution in [0.3, 0.4) is 0 Å². The second kappa shape index (κ2) is 5.43. The lowest BCUT2D eigenvalue weighted by atomic mass is 10.3. The normalized spacial score (nSPS) is 11.4. The van der Waals surface area contributed by atoms with Crippen LogP contribution in [0.15, 0.2) is 48.7 Å². The zero-order valence-electron chi connectivity index (χ0n) is 10.9. The molecule has 0 aliphatic heterocycles. The summed E-state index contributed by atoms with van der Waals surface area (Å²) in [5.74, 6) is -0.0931. The van der Waals surface area contributed by atoms with Gasteiger partial charge in [0.05, 0.1) is 5.69 Å². The Morgan fingerprint density at radius 2 is 1.91 bits per heavy atom. The van der Waals surface area contributed by atoms with E-state index in [1.54, 1.807) is 24.4 Å². The number of nitrogens with zero attached hydrogens (tertiary/aromatic N) is 5. The minimum absolute atomic E-state index is 0.266. The Kier molecular flexibility index (Phi) is 3.45. The lowest BCUT2D eigenvalue weighted by molar-refractivity contribution is -0.274. The van der Waals surface area contributed by atoms with Crippen LogP contribution >= 0.6 is 0 Å². The summed E-state index contributed by atoms with van der Waals surface area (Å²) in [6, 6.07) is 10.5. The molecular weight excluding hydrogens is 299 g/mol. The number of rotatable bonds is 3. The summed E-state index contributed by atoms with van der Waals surface area (Å²) in [6.45, 7) is 0. The molecule has 2 heterocycles. The van der Waals surface area contributed by atoms with E-state index in [2.05, 4.69) is 25.1 Å². The van der Waals surface area contributed by atoms with Crippen molar-refractivity contribution in [3.05, 3.63) is 48.7 Å². The third-order valence-corrected chi connectivity index (χ3v) is 2.59. The molecule has 0 saturated heterocycles. The van der Waals surface area contributed by atoms with Gasteiger partial charge in [0.25, 0.3) is 0 Å². The average molecular weight is 307 g/mol. The highest BCUT2D eigenvalue weighted by molar-refractivity contribution is 5.47. The van der Waals surface area contributed by atoms with Gasteiger partial charge in [-0.2, -0.15) is 0 Å². The highest BCUT2D eigenvalue weighted by Crippen LogP contribution is 2.24. The first-order valence-corrected chi connectivity index (χ1v) is 6.09. The van der Waals surface area contributed by atoms with Gasteiger partial charge in [-0.25, -0.2) is 0 Å². The van der Waals surface area contributed by atoms with Crippen LogP contribution in [-0.2, 0) is 0 Å². The van der Waals surface area contributed by atoms with E-state index in [4.69, 9.17) is 0 Å². The summed E-state index contributed by atoms with van der Waals surface area (Å²) in [7, 11) is 0. The zero-order valence-corrected chi connectivity index (χ0v) is 10.9. The first kappa shape index (κ1) is 14.0. The Bertz CT molecular complexity index is 773. The molecule has 0 N–H and O–H groups in total. The summed E-state index contributed by atoms with van der Waals surface area (Å²) in [4.78, 5) is 5.17. The molecule has 3 aromatic rings. The molecule has 0 bridgehead atoms. The van der Waals surface area contributed by atoms with Gasteiger partial charge < -0.3 is 4.74 Å². The zero-order chi connectivity index (χ0) is 15.6. The number of pyridine rings is 1. The molecule has 2 aromatic heterocycles. The fraction of sp³-hybridized carbons (Fsp3) is 0.0769. The molecule has 9 heteroatoms. The Balaban J connectivity index is 1.89. The van der Waals surface area contributed by atoms with Crippen molar-refractivity contribution in [2.24, 2.45) is 0 Å². The molecule has 3 rings (SSSR count). The minimum atomic E-state index is -4.76. The molecule has 0 atom stereocenters. The van der Waals surface area contributed by atoms with Crippen molar-refractivity contribution in [2.75, 3.05) is 0 Å². The standard InChI is InChI=1S/C13H8F3N5O/c14-13(15,16)22-10-5-3-4-9(8-10)21-19-12(18-20-21)11-6-1-2-7-17-11/h1-8H. The second-order valence-corrected chi connectivity index (χ2v) is 4.16. The van der Waals surface area contributed by atoms with E-state index >= 15 is 0 Å². The number of hydrogen-bond acceptors (Lipinski definition) is 5. The summed E-state index contributed by atoms with van der Waals surface area (Å²) >= 11 is 0. The maximum Gasteiger partial charge on any atom is 0.573 e. The van der Waals surface area contributed by atoms with Crippen molar-refractivity contribution < 1.29 is 17.9 Å². The SMILES string of the molecule is FC(F)(F)Oc1cccc(-n2nnc(-c3ccccn3)n2)c1. The quantitative estimate of drug-likeness (QED) is 0.744. The molecule has 6 nitrogen and oxygen atoms in total. The summed E-state index contributed by atoms with van der Waals surface area (Å²) in [5, 5.41) is 11.7. The lowest BCUT2D eigenvalue weighted by Gasteiger charge is -2.09. The molecule has 0 amide bonds. The molecule has 0 fully saturated rings. The average Bonchev–Trinajstić information content (AvgIpc) is 2.96. The first-order chi connectivity index (χ1) is 10.5. The van der Waals surface area contributed by atoms with Gasteiger partial charge in [-0.1, -0.05) is 12.1 Å². The Labute approximate surface area is 122 Å². The number of tetrazole rings is 1. The topological polar surface area (TPSA) is 65.7 Å². The van der Waals surface area contributed by atoms with Gasteiger partial charge in [-0.15, -0.1) is 28.2 Å². The van der Waals surface area contributed by atoms with Crippen LogP contribution in [0.1, 0.15) is 0 Å². The van der Waals surface area contributed by atoms with Gasteiger partial charge in [0.1, 0.15) is 11.4 Å². The van der Waals surface area contributed by atoms with Gasteiger partial charge in [0.2, 0.25) is 5.82 Å². The summed E-state index contributed by atoms with van der Waals surface area (Å²) < 4.78 is 40.5. The molecule has 1 aromatic carbocycles. The highest BCUT2D eigenvalue weighted by Gasteiger charge is 2.31. The fourth-order valence-electron chi connectivity index (χ4n) is 1.73. The largest absolute Gasteiger partial charge is 0.573 e. The maximum atomic E-state index is 12.2. The van der Waals surface area contributed by atoms with Crippen LogP contribution in [0.2, 0.25) is 0 Å². The van der Waals surface area contributed by atoms with Crippen molar-refractivity contribution in [2.45, 2.75) is 6.36 Å². The number of halogens is 3. The van der Waals surface area contributed by atoms with Crippen LogP contribution in [0, 0.1) is 0 Å². The molecule has 0 aliphatic rings. The second-order valence-electron chi connectivity index (χ2n) is 4.16. The van der Waals surface area contributed by atoms with Gasteiger partial charge in [-0.05, 0) is 29.5 Å². The third-order valence-electron chi connectivity index (χ3n) is 2.59. The third kappa shape index (κ3) is 3.19. The molecule has 0 unspecified atom stereocenters. The molecular formula is C13H8F3N5O. The molecule has 0 spiro atoms. The molecule has 0 aliphatic carbocycles. The van der Waals surface area contributed by atoms with Crippen molar-refractivity contribution in [1.29, 1.82) is 0 Å². The van der Waals surface area contributed by atoms with E-state index in [1.807, 2.05) is 0 Å². The Morgan fingerprint density at radius 1 is 1.05 bits per heavy atom. The fourth-order valence-corrected chi connectivity index (χ4v) is 1.73. The Hall–Kier alpha value is -2.97. The predicted octanol–water partition coefficient (Wildman–Crippen LogP) is 2.62. The van der Waals surface area contributed by atoms with E-state index in [0.717, 1.165) is 10.9 Å². The molecule has 112 valence electrons. The number of ether oxygens (including phenoxy) is 1. The van der Waals surface area contributed by atoms with Gasteiger partial charge in [-0.3, -0.25) is 4.98 Å². The monoisotopic (exact) mass is 307 g/mol. The highest BCUT2D eigenvalue weighted by atomic mass is 19.4. The minimum Gasteiger partial charge on any atom is -0.406 e. The van der Waals surface area contributed by atoms with Crippen LogP contribution in [0.5, 0.6) is 5.75 Å². The Morgan fingerprint density at radius 3 is 2.64 bits per heavy atom. The van der Waals surface area contributed by atoms with Crippen LogP contribution in [0.25, 0.3) is 17.2 Å². The first-order valence-electron chi connectivity index (χ1n) is 6.09. The van der Waals surface area contributed by atoms with E-state index < -0.39 is 6.36 Å². The van der Waals surface area contributed by atoms with Crippen molar-refractivity contribution in [1.82, 2.24) is 25.2 Å². The van der Waals surface area contributed by atoms with E-state index in [0.29, 0.717) is 5.69 Å². The molecule has 0 saturated carbocycles. The number of aromatic nitrogens is 5. The molecule has 22 heavy (non-hydrogen) atoms. The van der Waals surface area contributed by atoms with Crippen LogP contribution < -0.4 is 4.74 Å². The smallest absolute Gasteiger partial charge is 0.406 e. The van der Waals surface area contributed by atoms with Crippen LogP contribution in [-0.4, -0.2) is 31.6 Å². The number of alkyl halides is 3. The lowest BCUT2D eigenvalue weighted by Crippen LogP contribution is -2.17. The predicted molar refractivity (Wildman–Crippen MR) is 69.1 cm³/mol. The van der Waals surface area contributed by atoms with E-state index in [-0.39, 0.29) is 17.3 Å². The van der Waals surface area contributed by atoms with Crippen molar-refractivity contribution >= 4 is 0 Å². The van der Waals surface area contributed by atoms with Gasteiger partial charge in [0.15, 0.2) is 0 Å².